The SMILES string of the molecule is COCC(CCO)NC(=O)CSCC(=O)N1CCOCC1. The molecule has 1 atom stereocenters. The summed E-state index contributed by atoms with van der Waals surface area (Å²) in [6, 6.07) is -0.192. The summed E-state index contributed by atoms with van der Waals surface area (Å²) in [6.07, 6.45) is 0.455. The van der Waals surface area contributed by atoms with Gasteiger partial charge in [-0.3, -0.25) is 9.59 Å². The lowest BCUT2D eigenvalue weighted by molar-refractivity contribution is -0.132. The molecule has 0 spiro atoms. The van der Waals surface area contributed by atoms with Crippen LogP contribution in [-0.2, 0) is 19.1 Å². The Morgan fingerprint density at radius 2 is 2.10 bits per heavy atom. The number of nitrogens with zero attached hydrogens (tertiary/aromatic N) is 1. The topological polar surface area (TPSA) is 88.1 Å². The number of rotatable bonds is 9. The Hall–Kier alpha value is -0.830. The number of aliphatic hydroxyl groups is 1. The Morgan fingerprint density at radius 1 is 1.38 bits per heavy atom. The van der Waals surface area contributed by atoms with Crippen LogP contribution in [0, 0.1) is 0 Å². The van der Waals surface area contributed by atoms with Crippen LogP contribution in [0.4, 0.5) is 0 Å². The maximum atomic E-state index is 11.9. The standard InChI is InChI=1S/C13H24N2O5S/c1-19-8-11(2-5-16)14-12(17)9-21-10-13(18)15-3-6-20-7-4-15/h11,16H,2-10H2,1H3,(H,14,17). The van der Waals surface area contributed by atoms with Crippen molar-refractivity contribution in [1.82, 2.24) is 10.2 Å². The molecule has 8 heteroatoms. The van der Waals surface area contributed by atoms with Gasteiger partial charge in [0, 0.05) is 26.8 Å². The van der Waals surface area contributed by atoms with E-state index in [-0.39, 0.29) is 30.2 Å². The van der Waals surface area contributed by atoms with Crippen LogP contribution in [0.3, 0.4) is 0 Å². The van der Waals surface area contributed by atoms with Crippen molar-refractivity contribution < 1.29 is 24.2 Å². The van der Waals surface area contributed by atoms with Crippen LogP contribution in [0.5, 0.6) is 0 Å². The van der Waals surface area contributed by atoms with Crippen LogP contribution < -0.4 is 5.32 Å². The number of hydrogen-bond acceptors (Lipinski definition) is 6. The van der Waals surface area contributed by atoms with Crippen LogP contribution in [0.2, 0.25) is 0 Å². The minimum absolute atomic E-state index is 0.00301. The predicted octanol–water partition coefficient (Wildman–Crippen LogP) is -0.908. The Balaban J connectivity index is 2.18. The number of methoxy groups -OCH3 is 1. The van der Waals surface area contributed by atoms with Crippen LogP contribution in [-0.4, -0.2) is 86.0 Å². The lowest BCUT2D eigenvalue weighted by atomic mass is 10.2. The zero-order valence-electron chi connectivity index (χ0n) is 12.4. The number of hydrogen-bond donors (Lipinski definition) is 2. The molecule has 0 aromatic heterocycles. The van der Waals surface area contributed by atoms with Gasteiger partial charge < -0.3 is 24.8 Å². The molecule has 0 aromatic rings. The first-order valence-electron chi connectivity index (χ1n) is 6.99. The van der Waals surface area contributed by atoms with E-state index in [2.05, 4.69) is 5.32 Å². The van der Waals surface area contributed by atoms with Gasteiger partial charge in [0.15, 0.2) is 0 Å². The van der Waals surface area contributed by atoms with E-state index >= 15 is 0 Å². The molecule has 122 valence electrons. The number of carbonyl (C=O) groups excluding carboxylic acids is 2. The second-order valence-electron chi connectivity index (χ2n) is 4.72. The van der Waals surface area contributed by atoms with E-state index in [4.69, 9.17) is 14.6 Å². The van der Waals surface area contributed by atoms with Gasteiger partial charge in [0.05, 0.1) is 37.4 Å². The van der Waals surface area contributed by atoms with Crippen molar-refractivity contribution in [3.05, 3.63) is 0 Å². The summed E-state index contributed by atoms with van der Waals surface area (Å²) in [5.74, 6) is 0.412. The molecule has 0 saturated carbocycles. The van der Waals surface area contributed by atoms with Crippen LogP contribution in [0.15, 0.2) is 0 Å². The van der Waals surface area contributed by atoms with Crippen molar-refractivity contribution in [1.29, 1.82) is 0 Å². The minimum Gasteiger partial charge on any atom is -0.396 e. The molecule has 0 aliphatic carbocycles. The number of ether oxygens (including phenoxy) is 2. The van der Waals surface area contributed by atoms with Crippen molar-refractivity contribution in [2.75, 3.05) is 58.1 Å². The largest absolute Gasteiger partial charge is 0.396 e. The summed E-state index contributed by atoms with van der Waals surface area (Å²) in [7, 11) is 1.55. The van der Waals surface area contributed by atoms with Crippen LogP contribution in [0.25, 0.3) is 0 Å². The van der Waals surface area contributed by atoms with Gasteiger partial charge in [0.1, 0.15) is 0 Å². The van der Waals surface area contributed by atoms with E-state index in [1.807, 2.05) is 0 Å². The third kappa shape index (κ3) is 7.66. The lowest BCUT2D eigenvalue weighted by Crippen LogP contribution is -2.42. The first-order chi connectivity index (χ1) is 10.2. The molecule has 1 unspecified atom stereocenters. The van der Waals surface area contributed by atoms with Crippen LogP contribution >= 0.6 is 11.8 Å². The van der Waals surface area contributed by atoms with Crippen molar-refractivity contribution >= 4 is 23.6 Å². The predicted molar refractivity (Wildman–Crippen MR) is 80.2 cm³/mol. The molecule has 7 nitrogen and oxygen atoms in total. The number of morpholine rings is 1. The molecule has 1 aliphatic rings. The average Bonchev–Trinajstić information content (AvgIpc) is 2.48. The molecule has 21 heavy (non-hydrogen) atoms. The molecule has 2 N–H and O–H groups in total. The quantitative estimate of drug-likeness (QED) is 0.572. The summed E-state index contributed by atoms with van der Waals surface area (Å²) in [5.41, 5.74) is 0. The zero-order chi connectivity index (χ0) is 15.5. The van der Waals surface area contributed by atoms with Gasteiger partial charge in [-0.2, -0.15) is 0 Å². The fourth-order valence-electron chi connectivity index (χ4n) is 1.96. The highest BCUT2D eigenvalue weighted by molar-refractivity contribution is 8.00. The van der Waals surface area contributed by atoms with E-state index in [0.29, 0.717) is 45.1 Å². The highest BCUT2D eigenvalue weighted by Gasteiger charge is 2.17. The van der Waals surface area contributed by atoms with E-state index in [1.54, 1.807) is 12.0 Å². The highest BCUT2D eigenvalue weighted by atomic mass is 32.2. The van der Waals surface area contributed by atoms with Crippen molar-refractivity contribution in [3.63, 3.8) is 0 Å². The maximum Gasteiger partial charge on any atom is 0.232 e. The van der Waals surface area contributed by atoms with Gasteiger partial charge in [-0.25, -0.2) is 0 Å². The summed E-state index contributed by atoms with van der Waals surface area (Å²) >= 11 is 1.29. The molecule has 2 amide bonds. The minimum atomic E-state index is -0.192. The molecule has 0 radical (unpaired) electrons. The monoisotopic (exact) mass is 320 g/mol. The second kappa shape index (κ2) is 10.8. The van der Waals surface area contributed by atoms with Gasteiger partial charge in [0.25, 0.3) is 0 Å². The van der Waals surface area contributed by atoms with Crippen molar-refractivity contribution in [2.45, 2.75) is 12.5 Å². The zero-order valence-corrected chi connectivity index (χ0v) is 13.2. The average molecular weight is 320 g/mol. The molecule has 0 bridgehead atoms. The van der Waals surface area contributed by atoms with Crippen LogP contribution in [0.1, 0.15) is 6.42 Å². The molecular formula is C13H24N2O5S. The van der Waals surface area contributed by atoms with Crippen molar-refractivity contribution in [2.24, 2.45) is 0 Å². The number of thioether (sulfide) groups is 1. The Labute approximate surface area is 129 Å². The van der Waals surface area contributed by atoms with E-state index < -0.39 is 0 Å². The molecule has 1 saturated heterocycles. The van der Waals surface area contributed by atoms with Gasteiger partial charge in [-0.05, 0) is 6.42 Å². The van der Waals surface area contributed by atoms with E-state index in [0.717, 1.165) is 0 Å². The molecule has 1 heterocycles. The number of nitrogens with one attached hydrogen (secondary N) is 1. The second-order valence-corrected chi connectivity index (χ2v) is 5.70. The fourth-order valence-corrected chi connectivity index (χ4v) is 2.69. The third-order valence-electron chi connectivity index (χ3n) is 3.03. The van der Waals surface area contributed by atoms with E-state index in [1.165, 1.54) is 11.8 Å². The lowest BCUT2D eigenvalue weighted by Gasteiger charge is -2.26. The number of amides is 2. The Bertz CT molecular complexity index is 318. The number of aliphatic hydroxyl groups excluding tert-OH is 1. The number of carbonyl (C=O) groups is 2. The van der Waals surface area contributed by atoms with Gasteiger partial charge in [-0.1, -0.05) is 0 Å². The molecule has 0 aromatic carbocycles. The molecule has 1 fully saturated rings. The summed E-state index contributed by atoms with van der Waals surface area (Å²) in [4.78, 5) is 25.4. The smallest absolute Gasteiger partial charge is 0.232 e. The third-order valence-corrected chi connectivity index (χ3v) is 3.95. The molecule has 1 rings (SSSR count). The summed E-state index contributed by atoms with van der Waals surface area (Å²) in [6.45, 7) is 2.77. The van der Waals surface area contributed by atoms with Gasteiger partial charge >= 0.3 is 0 Å². The molecular weight excluding hydrogens is 296 g/mol. The summed E-state index contributed by atoms with van der Waals surface area (Å²) < 4.78 is 10.2. The highest BCUT2D eigenvalue weighted by Crippen LogP contribution is 2.05. The first kappa shape index (κ1) is 18.2. The summed E-state index contributed by atoms with van der Waals surface area (Å²) in [5, 5.41) is 11.7. The van der Waals surface area contributed by atoms with Gasteiger partial charge in [-0.15, -0.1) is 11.8 Å². The van der Waals surface area contributed by atoms with Crippen molar-refractivity contribution in [3.8, 4) is 0 Å². The van der Waals surface area contributed by atoms with Gasteiger partial charge in [0.2, 0.25) is 11.8 Å². The van der Waals surface area contributed by atoms with E-state index in [9.17, 15) is 9.59 Å². The Morgan fingerprint density at radius 3 is 2.71 bits per heavy atom. The molecule has 1 aliphatic heterocycles. The first-order valence-corrected chi connectivity index (χ1v) is 8.15. The maximum absolute atomic E-state index is 11.9. The normalized spacial score (nSPS) is 16.6. The fraction of sp³-hybridized carbons (Fsp3) is 0.846. The Kier molecular flexibility index (Phi) is 9.40.